The van der Waals surface area contributed by atoms with Crippen molar-refractivity contribution in [3.63, 3.8) is 0 Å². The van der Waals surface area contributed by atoms with Gasteiger partial charge in [0.15, 0.2) is 6.10 Å². The number of methoxy groups -OCH3 is 1. The van der Waals surface area contributed by atoms with Crippen molar-refractivity contribution in [2.45, 2.75) is 25.0 Å². The van der Waals surface area contributed by atoms with Crippen LogP contribution in [0.4, 0.5) is 5.82 Å². The Morgan fingerprint density at radius 1 is 1.26 bits per heavy atom. The van der Waals surface area contributed by atoms with E-state index in [9.17, 15) is 9.59 Å². The number of hydrogen-bond acceptors (Lipinski definition) is 5. The third-order valence-electron chi connectivity index (χ3n) is 4.78. The fourth-order valence-electron chi connectivity index (χ4n) is 3.46. The van der Waals surface area contributed by atoms with Crippen molar-refractivity contribution in [1.82, 2.24) is 14.7 Å². The van der Waals surface area contributed by atoms with E-state index in [-0.39, 0.29) is 24.4 Å². The number of nitrogens with one attached hydrogen (secondary N) is 1. The molecule has 0 bridgehead atoms. The van der Waals surface area contributed by atoms with E-state index in [1.165, 1.54) is 7.11 Å². The Morgan fingerprint density at radius 3 is 2.59 bits per heavy atom. The smallest absolute Gasteiger partial charge is 0.259 e. The molecule has 1 fully saturated rings. The Kier molecular flexibility index (Phi) is 6.20. The molecule has 27 heavy (non-hydrogen) atoms. The molecule has 2 aromatic rings. The van der Waals surface area contributed by atoms with E-state index in [0.29, 0.717) is 5.82 Å². The fourth-order valence-corrected chi connectivity index (χ4v) is 3.46. The Balaban J connectivity index is 1.65. The van der Waals surface area contributed by atoms with Crippen molar-refractivity contribution in [2.24, 2.45) is 5.73 Å². The van der Waals surface area contributed by atoms with Crippen molar-refractivity contribution in [3.8, 4) is 0 Å². The number of likely N-dealkylation sites (tertiary alicyclic amines) is 1. The van der Waals surface area contributed by atoms with Crippen LogP contribution in [0.2, 0.25) is 0 Å². The molecule has 2 heterocycles. The van der Waals surface area contributed by atoms with Crippen LogP contribution in [0.5, 0.6) is 0 Å². The van der Waals surface area contributed by atoms with Gasteiger partial charge in [0.1, 0.15) is 5.82 Å². The lowest BCUT2D eigenvalue weighted by Crippen LogP contribution is -2.40. The van der Waals surface area contributed by atoms with Gasteiger partial charge in [-0.15, -0.1) is 0 Å². The summed E-state index contributed by atoms with van der Waals surface area (Å²) in [6, 6.07) is 11.3. The van der Waals surface area contributed by atoms with E-state index in [2.05, 4.69) is 10.4 Å². The molecule has 1 aromatic heterocycles. The highest BCUT2D eigenvalue weighted by Gasteiger charge is 2.25. The van der Waals surface area contributed by atoms with Crippen molar-refractivity contribution in [1.29, 1.82) is 0 Å². The molecule has 1 saturated heterocycles. The van der Waals surface area contributed by atoms with Gasteiger partial charge in [0.05, 0.1) is 18.8 Å². The lowest BCUT2D eigenvalue weighted by Gasteiger charge is -2.31. The van der Waals surface area contributed by atoms with E-state index in [1.54, 1.807) is 12.3 Å². The Hall–Kier alpha value is -2.71. The molecule has 144 valence electrons. The van der Waals surface area contributed by atoms with Crippen LogP contribution >= 0.6 is 0 Å². The molecule has 8 heteroatoms. The van der Waals surface area contributed by atoms with Crippen LogP contribution in [-0.2, 0) is 14.3 Å². The molecule has 0 aliphatic carbocycles. The number of benzene rings is 1. The van der Waals surface area contributed by atoms with Crippen LogP contribution in [-0.4, -0.2) is 53.2 Å². The van der Waals surface area contributed by atoms with Gasteiger partial charge in [-0.05, 0) is 18.4 Å². The quantitative estimate of drug-likeness (QED) is 0.764. The second-order valence-electron chi connectivity index (χ2n) is 6.65. The van der Waals surface area contributed by atoms with E-state index >= 15 is 0 Å². The summed E-state index contributed by atoms with van der Waals surface area (Å²) in [6.07, 6.45) is 2.66. The third kappa shape index (κ3) is 4.72. The number of anilines is 1. The van der Waals surface area contributed by atoms with Crippen LogP contribution in [0.3, 0.4) is 0 Å². The first kappa shape index (κ1) is 19.1. The minimum atomic E-state index is -0.688. The molecule has 1 aliphatic rings. The summed E-state index contributed by atoms with van der Waals surface area (Å²) in [6.45, 7) is 1.82. The zero-order chi connectivity index (χ0) is 19.2. The molecule has 1 aromatic carbocycles. The highest BCUT2D eigenvalue weighted by atomic mass is 16.5. The van der Waals surface area contributed by atoms with Crippen LogP contribution in [0.1, 0.15) is 30.6 Å². The van der Waals surface area contributed by atoms with Gasteiger partial charge in [-0.3, -0.25) is 14.5 Å². The second kappa shape index (κ2) is 8.79. The summed E-state index contributed by atoms with van der Waals surface area (Å²) in [5, 5.41) is 7.32. The van der Waals surface area contributed by atoms with Gasteiger partial charge >= 0.3 is 0 Å². The molecular weight excluding hydrogens is 346 g/mol. The minimum Gasteiger partial charge on any atom is -0.369 e. The number of hydrogen-bond donors (Lipinski definition) is 2. The number of nitrogens with zero attached hydrogens (tertiary/aromatic N) is 3. The Labute approximate surface area is 158 Å². The average Bonchev–Trinajstić information content (AvgIpc) is 3.11. The second-order valence-corrected chi connectivity index (χ2v) is 6.65. The molecule has 1 atom stereocenters. The lowest BCUT2D eigenvalue weighted by molar-refractivity contribution is -0.126. The molecule has 3 N–H and O–H groups in total. The van der Waals surface area contributed by atoms with Crippen molar-refractivity contribution < 1.29 is 14.3 Å². The molecule has 0 spiro atoms. The highest BCUT2D eigenvalue weighted by Crippen LogP contribution is 2.26. The number of aromatic nitrogens is 2. The number of nitrogens with two attached hydrogens (primary N) is 1. The number of primary amides is 1. The largest absolute Gasteiger partial charge is 0.369 e. The predicted octanol–water partition coefficient (Wildman–Crippen LogP) is 1.33. The number of rotatable bonds is 7. The molecule has 0 saturated carbocycles. The molecule has 8 nitrogen and oxygen atoms in total. The molecule has 0 radical (unpaired) electrons. The first-order chi connectivity index (χ1) is 13.1. The number of carbonyl (C=O) groups excluding carboxylic acids is 2. The monoisotopic (exact) mass is 371 g/mol. The van der Waals surface area contributed by atoms with Crippen LogP contribution < -0.4 is 11.1 Å². The van der Waals surface area contributed by atoms with E-state index in [1.807, 2.05) is 39.9 Å². The molecule has 2 amide bonds. The summed E-state index contributed by atoms with van der Waals surface area (Å²) in [5.74, 6) is 0.0926. The van der Waals surface area contributed by atoms with Crippen LogP contribution in [0.25, 0.3) is 0 Å². The predicted molar refractivity (Wildman–Crippen MR) is 101 cm³/mol. The number of amides is 2. The number of ether oxygens (including phenoxy) is 1. The summed E-state index contributed by atoms with van der Waals surface area (Å²) < 4.78 is 7.24. The van der Waals surface area contributed by atoms with E-state index in [0.717, 1.165) is 31.5 Å². The lowest BCUT2D eigenvalue weighted by atomic mass is 10.1. The Bertz CT molecular complexity index is 769. The summed E-state index contributed by atoms with van der Waals surface area (Å²) in [4.78, 5) is 25.8. The molecular formula is C19H25N5O3. The molecule has 1 aliphatic heterocycles. The average molecular weight is 371 g/mol. The maximum absolute atomic E-state index is 12.7. The third-order valence-corrected chi connectivity index (χ3v) is 4.78. The highest BCUT2D eigenvalue weighted by molar-refractivity contribution is 5.94. The first-order valence-corrected chi connectivity index (χ1v) is 9.01. The summed E-state index contributed by atoms with van der Waals surface area (Å²) >= 11 is 0. The Morgan fingerprint density at radius 2 is 1.96 bits per heavy atom. The maximum Gasteiger partial charge on any atom is 0.259 e. The SMILES string of the molecule is CO[C@@H](C(=O)Nc1ccnn1C1CCN(CC(N)=O)CC1)c1ccccc1. The first-order valence-electron chi connectivity index (χ1n) is 9.01. The van der Waals surface area contributed by atoms with E-state index < -0.39 is 6.10 Å². The summed E-state index contributed by atoms with van der Waals surface area (Å²) in [5.41, 5.74) is 6.06. The number of piperidine rings is 1. The zero-order valence-corrected chi connectivity index (χ0v) is 15.4. The van der Waals surface area contributed by atoms with Crippen LogP contribution in [0, 0.1) is 0 Å². The normalized spacial score (nSPS) is 16.8. The standard InChI is InChI=1S/C19H25N5O3/c1-27-18(14-5-3-2-4-6-14)19(26)22-17-7-10-21-24(17)15-8-11-23(12-9-15)13-16(20)25/h2-7,10,15,18H,8-9,11-13H2,1H3,(H2,20,25)(H,22,26)/t18-/m1/s1. The minimum absolute atomic E-state index is 0.164. The zero-order valence-electron chi connectivity index (χ0n) is 15.4. The van der Waals surface area contributed by atoms with Crippen molar-refractivity contribution >= 4 is 17.6 Å². The van der Waals surface area contributed by atoms with Gasteiger partial charge < -0.3 is 15.8 Å². The van der Waals surface area contributed by atoms with Gasteiger partial charge in [0, 0.05) is 26.3 Å². The van der Waals surface area contributed by atoms with Crippen molar-refractivity contribution in [3.05, 3.63) is 48.2 Å². The molecule has 3 rings (SSSR count). The van der Waals surface area contributed by atoms with Gasteiger partial charge in [-0.25, -0.2) is 4.68 Å². The van der Waals surface area contributed by atoms with E-state index in [4.69, 9.17) is 10.5 Å². The molecule has 0 unspecified atom stereocenters. The fraction of sp³-hybridized carbons (Fsp3) is 0.421. The van der Waals surface area contributed by atoms with Crippen molar-refractivity contribution in [2.75, 3.05) is 32.1 Å². The van der Waals surface area contributed by atoms with Crippen LogP contribution in [0.15, 0.2) is 42.6 Å². The van der Waals surface area contributed by atoms with Gasteiger partial charge in [0.25, 0.3) is 5.91 Å². The number of carbonyl (C=O) groups is 2. The maximum atomic E-state index is 12.7. The van der Waals surface area contributed by atoms with Gasteiger partial charge in [-0.2, -0.15) is 5.10 Å². The topological polar surface area (TPSA) is 102 Å². The summed E-state index contributed by atoms with van der Waals surface area (Å²) in [7, 11) is 1.52. The van der Waals surface area contributed by atoms with Gasteiger partial charge in [0.2, 0.25) is 5.91 Å². The van der Waals surface area contributed by atoms with Gasteiger partial charge in [-0.1, -0.05) is 30.3 Å².